The molecule has 1 aromatic heterocycles. The topological polar surface area (TPSA) is 55.1 Å². The molecule has 16 heavy (non-hydrogen) atoms. The SMILES string of the molecule is CC(CC(=O)O)n1cnc2c1CCCC2.Cl. The van der Waals surface area contributed by atoms with Crippen LogP contribution in [0.15, 0.2) is 6.33 Å². The second-order valence-corrected chi connectivity index (χ2v) is 4.20. The minimum Gasteiger partial charge on any atom is -0.481 e. The molecule has 0 bridgehead atoms. The van der Waals surface area contributed by atoms with Crippen molar-refractivity contribution in [1.82, 2.24) is 9.55 Å². The molecule has 0 aliphatic heterocycles. The molecule has 1 aliphatic rings. The van der Waals surface area contributed by atoms with Gasteiger partial charge >= 0.3 is 5.97 Å². The van der Waals surface area contributed by atoms with Crippen LogP contribution in [-0.4, -0.2) is 20.6 Å². The third-order valence-corrected chi connectivity index (χ3v) is 3.00. The highest BCUT2D eigenvalue weighted by atomic mass is 35.5. The maximum atomic E-state index is 10.6. The Balaban J connectivity index is 0.00000128. The summed E-state index contributed by atoms with van der Waals surface area (Å²) in [6.45, 7) is 1.94. The Labute approximate surface area is 101 Å². The highest BCUT2D eigenvalue weighted by molar-refractivity contribution is 5.85. The van der Waals surface area contributed by atoms with Gasteiger partial charge in [0, 0.05) is 11.7 Å². The van der Waals surface area contributed by atoms with Crippen molar-refractivity contribution in [2.24, 2.45) is 0 Å². The summed E-state index contributed by atoms with van der Waals surface area (Å²) >= 11 is 0. The van der Waals surface area contributed by atoms with Crippen molar-refractivity contribution in [3.63, 3.8) is 0 Å². The molecule has 1 aromatic rings. The Bertz CT molecular complexity index is 376. The lowest BCUT2D eigenvalue weighted by molar-refractivity contribution is -0.137. The number of carbonyl (C=O) groups is 1. The van der Waals surface area contributed by atoms with Gasteiger partial charge in [0.2, 0.25) is 0 Å². The predicted molar refractivity (Wildman–Crippen MR) is 63.1 cm³/mol. The van der Waals surface area contributed by atoms with Gasteiger partial charge in [0.25, 0.3) is 0 Å². The maximum absolute atomic E-state index is 10.6. The van der Waals surface area contributed by atoms with Crippen LogP contribution in [0.1, 0.15) is 43.6 Å². The Hall–Kier alpha value is -1.03. The van der Waals surface area contributed by atoms with Crippen molar-refractivity contribution < 1.29 is 9.90 Å². The molecule has 2 rings (SSSR count). The van der Waals surface area contributed by atoms with Gasteiger partial charge < -0.3 is 9.67 Å². The maximum Gasteiger partial charge on any atom is 0.305 e. The first-order valence-electron chi connectivity index (χ1n) is 5.45. The van der Waals surface area contributed by atoms with Gasteiger partial charge in [-0.3, -0.25) is 4.79 Å². The monoisotopic (exact) mass is 244 g/mol. The summed E-state index contributed by atoms with van der Waals surface area (Å²) in [5.74, 6) is -0.749. The quantitative estimate of drug-likeness (QED) is 0.887. The van der Waals surface area contributed by atoms with Gasteiger partial charge in [0.05, 0.1) is 18.4 Å². The van der Waals surface area contributed by atoms with Crippen molar-refractivity contribution >= 4 is 18.4 Å². The standard InChI is InChI=1S/C11H16N2O2.ClH/c1-8(6-11(14)15)13-7-12-9-4-2-3-5-10(9)13;/h7-8H,2-6H2,1H3,(H,14,15);1H. The van der Waals surface area contributed by atoms with Crippen LogP contribution in [0.25, 0.3) is 0 Å². The van der Waals surface area contributed by atoms with E-state index in [1.807, 2.05) is 11.5 Å². The number of halogens is 1. The summed E-state index contributed by atoms with van der Waals surface area (Å²) in [5, 5.41) is 8.75. The van der Waals surface area contributed by atoms with Gasteiger partial charge in [-0.1, -0.05) is 0 Å². The van der Waals surface area contributed by atoms with Crippen LogP contribution >= 0.6 is 12.4 Å². The normalized spacial score (nSPS) is 16.1. The first-order valence-corrected chi connectivity index (χ1v) is 5.45. The summed E-state index contributed by atoms with van der Waals surface area (Å²) in [6.07, 6.45) is 6.45. The molecule has 90 valence electrons. The molecule has 1 unspecified atom stereocenters. The zero-order valence-electron chi connectivity index (χ0n) is 9.35. The van der Waals surface area contributed by atoms with Crippen LogP contribution in [0.4, 0.5) is 0 Å². The number of hydrogen-bond acceptors (Lipinski definition) is 2. The van der Waals surface area contributed by atoms with Crippen LogP contribution in [0.2, 0.25) is 0 Å². The highest BCUT2D eigenvalue weighted by Gasteiger charge is 2.19. The molecule has 0 spiro atoms. The fourth-order valence-electron chi connectivity index (χ4n) is 2.22. The summed E-state index contributed by atoms with van der Waals surface area (Å²) in [4.78, 5) is 15.0. The molecule has 5 heteroatoms. The van der Waals surface area contributed by atoms with Gasteiger partial charge in [-0.15, -0.1) is 12.4 Å². The highest BCUT2D eigenvalue weighted by Crippen LogP contribution is 2.23. The van der Waals surface area contributed by atoms with E-state index in [1.165, 1.54) is 24.2 Å². The number of carboxylic acids is 1. The number of imidazole rings is 1. The average molecular weight is 245 g/mol. The number of aromatic nitrogens is 2. The summed E-state index contributed by atoms with van der Waals surface area (Å²) in [6, 6.07) is 0.0110. The number of nitrogens with zero attached hydrogens (tertiary/aromatic N) is 2. The Morgan fingerprint density at radius 1 is 1.56 bits per heavy atom. The Morgan fingerprint density at radius 3 is 2.94 bits per heavy atom. The number of hydrogen-bond donors (Lipinski definition) is 1. The molecular weight excluding hydrogens is 228 g/mol. The first-order chi connectivity index (χ1) is 7.18. The second kappa shape index (κ2) is 5.34. The van der Waals surface area contributed by atoms with Gasteiger partial charge in [-0.2, -0.15) is 0 Å². The molecule has 4 nitrogen and oxygen atoms in total. The molecule has 0 amide bonds. The second-order valence-electron chi connectivity index (χ2n) is 4.20. The van der Waals surface area contributed by atoms with E-state index in [0.29, 0.717) is 0 Å². The zero-order chi connectivity index (χ0) is 10.8. The number of aryl methyl sites for hydroxylation is 1. The molecule has 0 saturated heterocycles. The zero-order valence-corrected chi connectivity index (χ0v) is 10.2. The number of aliphatic carboxylic acids is 1. The van der Waals surface area contributed by atoms with E-state index in [2.05, 4.69) is 4.98 Å². The van der Waals surface area contributed by atoms with Crippen molar-refractivity contribution in [3.05, 3.63) is 17.7 Å². The molecule has 0 fully saturated rings. The molecule has 0 radical (unpaired) electrons. The predicted octanol–water partition coefficient (Wildman–Crippen LogP) is 2.22. The van der Waals surface area contributed by atoms with Crippen LogP contribution < -0.4 is 0 Å². The lowest BCUT2D eigenvalue weighted by atomic mass is 10.0. The fraction of sp³-hybridized carbons (Fsp3) is 0.636. The average Bonchev–Trinajstić information content (AvgIpc) is 2.59. The Kier molecular flexibility index (Phi) is 4.35. The molecular formula is C11H17ClN2O2. The van der Waals surface area contributed by atoms with Gasteiger partial charge in [-0.25, -0.2) is 4.98 Å². The van der Waals surface area contributed by atoms with E-state index in [4.69, 9.17) is 5.11 Å². The lowest BCUT2D eigenvalue weighted by Crippen LogP contribution is -2.14. The van der Waals surface area contributed by atoms with Gasteiger partial charge in [-0.05, 0) is 32.6 Å². The molecule has 0 aromatic carbocycles. The molecule has 1 atom stereocenters. The summed E-state index contributed by atoms with van der Waals surface area (Å²) in [7, 11) is 0. The minimum absolute atomic E-state index is 0. The number of fused-ring (bicyclic) bond motifs is 1. The van der Waals surface area contributed by atoms with Crippen molar-refractivity contribution in [1.29, 1.82) is 0 Å². The van der Waals surface area contributed by atoms with E-state index in [-0.39, 0.29) is 24.9 Å². The largest absolute Gasteiger partial charge is 0.481 e. The van der Waals surface area contributed by atoms with Crippen LogP contribution in [0, 0.1) is 0 Å². The molecule has 1 N–H and O–H groups in total. The molecule has 1 aliphatic carbocycles. The first kappa shape index (κ1) is 13.0. The van der Waals surface area contributed by atoms with Crippen LogP contribution in [0.5, 0.6) is 0 Å². The third kappa shape index (κ3) is 2.55. The van der Waals surface area contributed by atoms with E-state index in [9.17, 15) is 4.79 Å². The molecule has 1 heterocycles. The van der Waals surface area contributed by atoms with Gasteiger partial charge in [0.15, 0.2) is 0 Å². The fourth-order valence-corrected chi connectivity index (χ4v) is 2.22. The van der Waals surface area contributed by atoms with E-state index in [0.717, 1.165) is 12.8 Å². The lowest BCUT2D eigenvalue weighted by Gasteiger charge is -2.18. The summed E-state index contributed by atoms with van der Waals surface area (Å²) in [5.41, 5.74) is 2.41. The van der Waals surface area contributed by atoms with Crippen LogP contribution in [-0.2, 0) is 17.6 Å². The smallest absolute Gasteiger partial charge is 0.305 e. The van der Waals surface area contributed by atoms with Crippen molar-refractivity contribution in [2.45, 2.75) is 45.1 Å². The van der Waals surface area contributed by atoms with Crippen molar-refractivity contribution in [3.8, 4) is 0 Å². The third-order valence-electron chi connectivity index (χ3n) is 3.00. The minimum atomic E-state index is -0.749. The van der Waals surface area contributed by atoms with Crippen LogP contribution in [0.3, 0.4) is 0 Å². The van der Waals surface area contributed by atoms with E-state index >= 15 is 0 Å². The number of carboxylic acid groups (broad SMARTS) is 1. The van der Waals surface area contributed by atoms with Gasteiger partial charge in [0.1, 0.15) is 0 Å². The Morgan fingerprint density at radius 2 is 2.25 bits per heavy atom. The number of rotatable bonds is 3. The molecule has 0 saturated carbocycles. The van der Waals surface area contributed by atoms with Crippen molar-refractivity contribution in [2.75, 3.05) is 0 Å². The van der Waals surface area contributed by atoms with E-state index in [1.54, 1.807) is 6.33 Å². The van der Waals surface area contributed by atoms with E-state index < -0.39 is 5.97 Å². The summed E-state index contributed by atoms with van der Waals surface area (Å²) < 4.78 is 2.03.